The zero-order valence-electron chi connectivity index (χ0n) is 15.0. The molecule has 0 radical (unpaired) electrons. The van der Waals surface area contributed by atoms with Crippen LogP contribution in [-0.4, -0.2) is 13.2 Å². The third-order valence-electron chi connectivity index (χ3n) is 3.57. The topological polar surface area (TPSA) is 9.23 Å². The highest BCUT2D eigenvalue weighted by atomic mass is 16.5. The monoisotopic (exact) mass is 304 g/mol. The van der Waals surface area contributed by atoms with Gasteiger partial charge in [-0.15, -0.1) is 0 Å². The quantitative estimate of drug-likeness (QED) is 0.195. The fraction of sp³-hybridized carbons (Fsp3) is 0.619. The van der Waals surface area contributed by atoms with E-state index >= 15 is 0 Å². The molecule has 0 spiro atoms. The summed E-state index contributed by atoms with van der Waals surface area (Å²) in [5.41, 5.74) is 0. The molecule has 126 valence electrons. The largest absolute Gasteiger partial charge is 0.377 e. The van der Waals surface area contributed by atoms with Crippen molar-refractivity contribution in [1.82, 2.24) is 0 Å². The molecule has 0 aromatic carbocycles. The summed E-state index contributed by atoms with van der Waals surface area (Å²) in [5, 5.41) is 0. The van der Waals surface area contributed by atoms with E-state index in [-0.39, 0.29) is 6.10 Å². The highest BCUT2D eigenvalue weighted by Gasteiger charge is 2.00. The van der Waals surface area contributed by atoms with Gasteiger partial charge in [-0.25, -0.2) is 0 Å². The van der Waals surface area contributed by atoms with Crippen molar-refractivity contribution in [3.05, 3.63) is 48.6 Å². The van der Waals surface area contributed by atoms with Gasteiger partial charge in [-0.05, 0) is 25.7 Å². The molecule has 0 aliphatic rings. The van der Waals surface area contributed by atoms with Crippen LogP contribution in [0.1, 0.15) is 71.6 Å². The van der Waals surface area contributed by atoms with Crippen LogP contribution < -0.4 is 0 Å². The Labute approximate surface area is 138 Å². The Kier molecular flexibility index (Phi) is 17.1. The van der Waals surface area contributed by atoms with Crippen LogP contribution in [0.25, 0.3) is 0 Å². The molecule has 1 nitrogen and oxygen atoms in total. The number of hydrogen-bond donors (Lipinski definition) is 0. The maximum atomic E-state index is 5.45. The van der Waals surface area contributed by atoms with Crippen molar-refractivity contribution in [2.24, 2.45) is 0 Å². The molecule has 0 N–H and O–H groups in total. The average Bonchev–Trinajstić information content (AvgIpc) is 2.54. The Bertz CT molecular complexity index is 323. The number of methoxy groups -OCH3 is 1. The SMILES string of the molecule is CCCC/C=C\C/C=C\C/C=C\C=C\[C@@H](CCCCC)OC. The molecule has 0 aromatic rings. The first-order valence-electron chi connectivity index (χ1n) is 9.01. The van der Waals surface area contributed by atoms with E-state index in [0.29, 0.717) is 0 Å². The fourth-order valence-electron chi connectivity index (χ4n) is 2.12. The third kappa shape index (κ3) is 15.3. The number of hydrogen-bond acceptors (Lipinski definition) is 1. The van der Waals surface area contributed by atoms with Gasteiger partial charge in [0.25, 0.3) is 0 Å². The van der Waals surface area contributed by atoms with Gasteiger partial charge in [0, 0.05) is 7.11 Å². The van der Waals surface area contributed by atoms with E-state index in [4.69, 9.17) is 4.74 Å². The Morgan fingerprint density at radius 2 is 1.45 bits per heavy atom. The van der Waals surface area contributed by atoms with Gasteiger partial charge < -0.3 is 4.74 Å². The van der Waals surface area contributed by atoms with E-state index in [1.807, 2.05) is 0 Å². The molecular formula is C21H36O. The summed E-state index contributed by atoms with van der Waals surface area (Å²) in [6.07, 6.45) is 28.6. The highest BCUT2D eigenvalue weighted by Crippen LogP contribution is 2.07. The summed E-state index contributed by atoms with van der Waals surface area (Å²) in [4.78, 5) is 0. The molecular weight excluding hydrogens is 268 g/mol. The molecule has 0 rings (SSSR count). The predicted octanol–water partition coefficient (Wildman–Crippen LogP) is 6.78. The highest BCUT2D eigenvalue weighted by molar-refractivity contribution is 5.07. The van der Waals surface area contributed by atoms with Crippen LogP contribution in [0.5, 0.6) is 0 Å². The molecule has 1 atom stereocenters. The van der Waals surface area contributed by atoms with E-state index in [1.165, 1.54) is 38.5 Å². The smallest absolute Gasteiger partial charge is 0.0755 e. The Morgan fingerprint density at radius 3 is 2.14 bits per heavy atom. The molecule has 0 aliphatic carbocycles. The lowest BCUT2D eigenvalue weighted by atomic mass is 10.1. The standard InChI is InChI=1S/C21H36O/c1-4-6-8-9-10-11-12-13-14-15-16-18-20-21(22-3)19-17-7-5-2/h9-10,12-13,15-16,18,20-21H,4-8,11,14,17,19H2,1-3H3/b10-9-,13-12-,16-15-,20-18+/t21-/m1/s1. The minimum absolute atomic E-state index is 0.264. The number of allylic oxidation sites excluding steroid dienone is 7. The van der Waals surface area contributed by atoms with Gasteiger partial charge in [-0.1, -0.05) is 94.6 Å². The van der Waals surface area contributed by atoms with Crippen molar-refractivity contribution in [2.75, 3.05) is 7.11 Å². The van der Waals surface area contributed by atoms with Crippen LogP contribution >= 0.6 is 0 Å². The van der Waals surface area contributed by atoms with E-state index in [0.717, 1.165) is 19.3 Å². The van der Waals surface area contributed by atoms with Crippen LogP contribution in [0.15, 0.2) is 48.6 Å². The van der Waals surface area contributed by atoms with E-state index < -0.39 is 0 Å². The lowest BCUT2D eigenvalue weighted by Crippen LogP contribution is -2.05. The Balaban J connectivity index is 3.70. The van der Waals surface area contributed by atoms with Crippen LogP contribution in [0, 0.1) is 0 Å². The summed E-state index contributed by atoms with van der Waals surface area (Å²) in [6, 6.07) is 0. The first-order valence-corrected chi connectivity index (χ1v) is 9.01. The van der Waals surface area contributed by atoms with Crippen LogP contribution in [0.4, 0.5) is 0 Å². The van der Waals surface area contributed by atoms with Gasteiger partial charge in [0.2, 0.25) is 0 Å². The Morgan fingerprint density at radius 1 is 0.773 bits per heavy atom. The predicted molar refractivity (Wildman–Crippen MR) is 100 cm³/mol. The van der Waals surface area contributed by atoms with Gasteiger partial charge in [0.15, 0.2) is 0 Å². The maximum absolute atomic E-state index is 5.45. The zero-order chi connectivity index (χ0) is 16.3. The number of unbranched alkanes of at least 4 members (excludes halogenated alkanes) is 4. The van der Waals surface area contributed by atoms with Gasteiger partial charge in [0.05, 0.1) is 6.10 Å². The third-order valence-corrected chi connectivity index (χ3v) is 3.57. The van der Waals surface area contributed by atoms with Gasteiger partial charge in [-0.3, -0.25) is 0 Å². The average molecular weight is 305 g/mol. The van der Waals surface area contributed by atoms with E-state index in [9.17, 15) is 0 Å². The molecule has 0 heterocycles. The van der Waals surface area contributed by atoms with Crippen molar-refractivity contribution < 1.29 is 4.74 Å². The minimum atomic E-state index is 0.264. The second-order valence-corrected chi connectivity index (χ2v) is 5.64. The van der Waals surface area contributed by atoms with Crippen LogP contribution in [0.2, 0.25) is 0 Å². The van der Waals surface area contributed by atoms with Gasteiger partial charge in [-0.2, -0.15) is 0 Å². The molecule has 0 unspecified atom stereocenters. The van der Waals surface area contributed by atoms with Crippen molar-refractivity contribution in [1.29, 1.82) is 0 Å². The second kappa shape index (κ2) is 18.0. The van der Waals surface area contributed by atoms with E-state index in [1.54, 1.807) is 7.11 Å². The Hall–Kier alpha value is -1.08. The first kappa shape index (κ1) is 20.9. The molecule has 0 saturated heterocycles. The molecule has 0 fully saturated rings. The molecule has 22 heavy (non-hydrogen) atoms. The molecule has 0 bridgehead atoms. The van der Waals surface area contributed by atoms with Crippen molar-refractivity contribution in [2.45, 2.75) is 77.7 Å². The number of ether oxygens (including phenoxy) is 1. The lowest BCUT2D eigenvalue weighted by molar-refractivity contribution is 0.131. The molecule has 1 heteroatoms. The van der Waals surface area contributed by atoms with Gasteiger partial charge >= 0.3 is 0 Å². The summed E-state index contributed by atoms with van der Waals surface area (Å²) in [6.45, 7) is 4.46. The van der Waals surface area contributed by atoms with Gasteiger partial charge in [0.1, 0.15) is 0 Å². The molecule has 0 saturated carbocycles. The zero-order valence-corrected chi connectivity index (χ0v) is 15.0. The first-order chi connectivity index (χ1) is 10.8. The van der Waals surface area contributed by atoms with Crippen molar-refractivity contribution in [3.8, 4) is 0 Å². The number of rotatable bonds is 14. The minimum Gasteiger partial charge on any atom is -0.377 e. The van der Waals surface area contributed by atoms with Crippen molar-refractivity contribution in [3.63, 3.8) is 0 Å². The molecule has 0 aromatic heterocycles. The lowest BCUT2D eigenvalue weighted by Gasteiger charge is -2.09. The summed E-state index contributed by atoms with van der Waals surface area (Å²) < 4.78 is 5.45. The second-order valence-electron chi connectivity index (χ2n) is 5.64. The van der Waals surface area contributed by atoms with E-state index in [2.05, 4.69) is 62.5 Å². The van der Waals surface area contributed by atoms with Crippen LogP contribution in [-0.2, 0) is 4.74 Å². The molecule has 0 amide bonds. The summed E-state index contributed by atoms with van der Waals surface area (Å²) >= 11 is 0. The summed E-state index contributed by atoms with van der Waals surface area (Å²) in [5.74, 6) is 0. The molecule has 0 aliphatic heterocycles. The van der Waals surface area contributed by atoms with Crippen molar-refractivity contribution >= 4 is 0 Å². The fourth-order valence-corrected chi connectivity index (χ4v) is 2.12. The normalized spacial score (nSPS) is 14.1. The summed E-state index contributed by atoms with van der Waals surface area (Å²) in [7, 11) is 1.79. The maximum Gasteiger partial charge on any atom is 0.0755 e. The van der Waals surface area contributed by atoms with Crippen LogP contribution in [0.3, 0.4) is 0 Å².